The predicted molar refractivity (Wildman–Crippen MR) is 88.2 cm³/mol. The molecule has 0 aliphatic carbocycles. The molecule has 126 valence electrons. The quantitative estimate of drug-likeness (QED) is 0.752. The molecule has 0 aliphatic rings. The fourth-order valence-corrected chi connectivity index (χ4v) is 2.66. The van der Waals surface area contributed by atoms with Gasteiger partial charge in [-0.2, -0.15) is 5.10 Å². The van der Waals surface area contributed by atoms with Gasteiger partial charge in [-0.25, -0.2) is 4.39 Å². The molecule has 1 N–H and O–H groups in total. The summed E-state index contributed by atoms with van der Waals surface area (Å²) in [7, 11) is 0. The minimum absolute atomic E-state index is 0.271. The van der Waals surface area contributed by atoms with Crippen LogP contribution in [0.3, 0.4) is 0 Å². The zero-order valence-corrected chi connectivity index (χ0v) is 14.0. The molecule has 0 fully saturated rings. The van der Waals surface area contributed by atoms with Crippen molar-refractivity contribution < 1.29 is 8.81 Å². The van der Waals surface area contributed by atoms with E-state index < -0.39 is 0 Å². The number of anilines is 1. The largest absolute Gasteiger partial charge is 0.408 e. The topological polar surface area (TPSA) is 68.8 Å². The summed E-state index contributed by atoms with van der Waals surface area (Å²) in [4.78, 5) is 0. The molecule has 1 aromatic carbocycles. The van der Waals surface area contributed by atoms with Gasteiger partial charge in [0.15, 0.2) is 0 Å². The number of nitrogens with one attached hydrogen (secondary N) is 1. The molecule has 0 radical (unpaired) electrons. The Labute approximate surface area is 139 Å². The fourth-order valence-electron chi connectivity index (χ4n) is 2.66. The molecule has 0 bridgehead atoms. The Hall–Kier alpha value is -2.70. The van der Waals surface area contributed by atoms with Crippen molar-refractivity contribution in [2.75, 3.05) is 5.32 Å². The molecule has 3 aromatic rings. The molecule has 2 heterocycles. The second kappa shape index (κ2) is 6.82. The van der Waals surface area contributed by atoms with E-state index in [2.05, 4.69) is 27.5 Å². The van der Waals surface area contributed by atoms with E-state index in [1.54, 1.807) is 18.2 Å². The summed E-state index contributed by atoms with van der Waals surface area (Å²) in [6.45, 7) is 7.47. The van der Waals surface area contributed by atoms with Crippen LogP contribution in [0.2, 0.25) is 0 Å². The van der Waals surface area contributed by atoms with Crippen LogP contribution in [0.1, 0.15) is 35.3 Å². The highest BCUT2D eigenvalue weighted by molar-refractivity contribution is 5.30. The summed E-state index contributed by atoms with van der Waals surface area (Å²) >= 11 is 0. The lowest BCUT2D eigenvalue weighted by atomic mass is 10.1. The van der Waals surface area contributed by atoms with Crippen LogP contribution in [0.25, 0.3) is 0 Å². The first-order valence-electron chi connectivity index (χ1n) is 7.91. The van der Waals surface area contributed by atoms with Crippen LogP contribution in [-0.4, -0.2) is 20.0 Å². The molecule has 0 atom stereocenters. The maximum absolute atomic E-state index is 13.7. The van der Waals surface area contributed by atoms with Gasteiger partial charge in [0.05, 0.1) is 12.1 Å². The first kappa shape index (κ1) is 16.2. The highest BCUT2D eigenvalue weighted by Crippen LogP contribution is 2.17. The smallest absolute Gasteiger partial charge is 0.315 e. The van der Waals surface area contributed by atoms with E-state index in [0.717, 1.165) is 23.5 Å². The van der Waals surface area contributed by atoms with Crippen LogP contribution in [0.15, 0.2) is 28.7 Å². The van der Waals surface area contributed by atoms with Gasteiger partial charge < -0.3 is 9.73 Å². The molecule has 0 saturated carbocycles. The molecule has 0 unspecified atom stereocenters. The third kappa shape index (κ3) is 3.29. The number of aryl methyl sites for hydroxylation is 2. The van der Waals surface area contributed by atoms with E-state index in [1.807, 2.05) is 18.5 Å². The SMILES string of the molecule is CCn1nc(C)c(CNc2nnc(Cc3ccccc3F)o2)c1C. The molecule has 0 saturated heterocycles. The number of benzene rings is 1. The molecule has 0 amide bonds. The summed E-state index contributed by atoms with van der Waals surface area (Å²) in [5.74, 6) is 0.101. The fraction of sp³-hybridized carbons (Fsp3) is 0.353. The number of aromatic nitrogens is 4. The van der Waals surface area contributed by atoms with E-state index in [-0.39, 0.29) is 12.2 Å². The van der Waals surface area contributed by atoms with Gasteiger partial charge in [-0.1, -0.05) is 23.3 Å². The monoisotopic (exact) mass is 329 g/mol. The summed E-state index contributed by atoms with van der Waals surface area (Å²) < 4.78 is 21.2. The van der Waals surface area contributed by atoms with Crippen molar-refractivity contribution in [1.29, 1.82) is 0 Å². The van der Waals surface area contributed by atoms with Gasteiger partial charge in [-0.15, -0.1) is 5.10 Å². The summed E-state index contributed by atoms with van der Waals surface area (Å²) in [5.41, 5.74) is 3.75. The first-order chi connectivity index (χ1) is 11.6. The standard InChI is InChI=1S/C17H20FN5O/c1-4-23-12(3)14(11(2)22-23)10-19-17-21-20-16(24-17)9-13-7-5-6-8-15(13)18/h5-8H,4,9-10H2,1-3H3,(H,19,21). The Balaban J connectivity index is 1.67. The number of nitrogens with zero attached hydrogens (tertiary/aromatic N) is 4. The van der Waals surface area contributed by atoms with Crippen molar-refractivity contribution in [2.24, 2.45) is 0 Å². The van der Waals surface area contributed by atoms with Gasteiger partial charge in [0.25, 0.3) is 0 Å². The van der Waals surface area contributed by atoms with E-state index >= 15 is 0 Å². The van der Waals surface area contributed by atoms with Crippen molar-refractivity contribution >= 4 is 6.01 Å². The van der Waals surface area contributed by atoms with Gasteiger partial charge in [0.1, 0.15) is 5.82 Å². The minimum Gasteiger partial charge on any atom is -0.408 e. The molecule has 7 heteroatoms. The molecule has 0 aliphatic heterocycles. The summed E-state index contributed by atoms with van der Waals surface area (Å²) in [6, 6.07) is 6.88. The average Bonchev–Trinajstić information content (AvgIpc) is 3.12. The number of hydrogen-bond donors (Lipinski definition) is 1. The van der Waals surface area contributed by atoms with Crippen LogP contribution in [-0.2, 0) is 19.5 Å². The van der Waals surface area contributed by atoms with Gasteiger partial charge in [0.2, 0.25) is 5.89 Å². The van der Waals surface area contributed by atoms with Gasteiger partial charge in [0, 0.05) is 24.3 Å². The Kier molecular flexibility index (Phi) is 4.59. The van der Waals surface area contributed by atoms with Crippen molar-refractivity contribution in [2.45, 2.75) is 40.3 Å². The van der Waals surface area contributed by atoms with E-state index in [9.17, 15) is 4.39 Å². The molecule has 24 heavy (non-hydrogen) atoms. The maximum Gasteiger partial charge on any atom is 0.315 e. The van der Waals surface area contributed by atoms with Crippen LogP contribution >= 0.6 is 0 Å². The molecule has 2 aromatic heterocycles. The van der Waals surface area contributed by atoms with Gasteiger partial charge in [-0.3, -0.25) is 4.68 Å². The van der Waals surface area contributed by atoms with Crippen LogP contribution in [0.5, 0.6) is 0 Å². The maximum atomic E-state index is 13.7. The van der Waals surface area contributed by atoms with E-state index in [0.29, 0.717) is 24.0 Å². The Morgan fingerprint density at radius 2 is 2.00 bits per heavy atom. The summed E-state index contributed by atoms with van der Waals surface area (Å²) in [5, 5.41) is 15.5. The Morgan fingerprint density at radius 1 is 1.21 bits per heavy atom. The van der Waals surface area contributed by atoms with E-state index in [4.69, 9.17) is 4.42 Å². The minimum atomic E-state index is -0.275. The lowest BCUT2D eigenvalue weighted by Gasteiger charge is -2.03. The third-order valence-corrected chi connectivity index (χ3v) is 4.01. The second-order valence-corrected chi connectivity index (χ2v) is 5.59. The van der Waals surface area contributed by atoms with Crippen LogP contribution in [0.4, 0.5) is 10.4 Å². The van der Waals surface area contributed by atoms with Crippen molar-refractivity contribution in [3.05, 3.63) is 58.5 Å². The zero-order chi connectivity index (χ0) is 17.1. The zero-order valence-electron chi connectivity index (χ0n) is 14.0. The van der Waals surface area contributed by atoms with E-state index in [1.165, 1.54) is 6.07 Å². The van der Waals surface area contributed by atoms with Gasteiger partial charge in [-0.05, 0) is 32.4 Å². The average molecular weight is 329 g/mol. The van der Waals surface area contributed by atoms with Gasteiger partial charge >= 0.3 is 6.01 Å². The molecule has 3 rings (SSSR count). The van der Waals surface area contributed by atoms with Crippen LogP contribution < -0.4 is 5.32 Å². The number of rotatable bonds is 6. The highest BCUT2D eigenvalue weighted by Gasteiger charge is 2.13. The predicted octanol–water partition coefficient (Wildman–Crippen LogP) is 3.24. The molecule has 0 spiro atoms. The van der Waals surface area contributed by atoms with Crippen molar-refractivity contribution in [3.63, 3.8) is 0 Å². The van der Waals surface area contributed by atoms with Crippen LogP contribution in [0, 0.1) is 19.7 Å². The highest BCUT2D eigenvalue weighted by atomic mass is 19.1. The number of hydrogen-bond acceptors (Lipinski definition) is 5. The third-order valence-electron chi connectivity index (χ3n) is 4.01. The Morgan fingerprint density at radius 3 is 2.71 bits per heavy atom. The normalized spacial score (nSPS) is 11.0. The molecular weight excluding hydrogens is 309 g/mol. The molecule has 6 nitrogen and oxygen atoms in total. The second-order valence-electron chi connectivity index (χ2n) is 5.59. The Bertz CT molecular complexity index is 839. The van der Waals surface area contributed by atoms with Crippen molar-refractivity contribution in [3.8, 4) is 0 Å². The molecular formula is C17H20FN5O. The lowest BCUT2D eigenvalue weighted by Crippen LogP contribution is -2.03. The first-order valence-corrected chi connectivity index (χ1v) is 7.91. The number of halogens is 1. The summed E-state index contributed by atoms with van der Waals surface area (Å²) in [6.07, 6.45) is 0.271. The lowest BCUT2D eigenvalue weighted by molar-refractivity contribution is 0.510. The van der Waals surface area contributed by atoms with Crippen molar-refractivity contribution in [1.82, 2.24) is 20.0 Å².